The lowest BCUT2D eigenvalue weighted by Gasteiger charge is -2.27. The SMILES string of the molecule is CC1=CC=C(c2ccc(-c3ccc(N(c4ccc(-c5ccccc5)cc4)c4ccc(-c5ccc(N(c6ccc(-c7ccccc7)cc6)c6ccc(-c7ccc(-n8cc[n+](C)c8)cc7)cc6)cc5)cc4)cc3)cc2)C=CCC1. The topological polar surface area (TPSA) is 15.3 Å². The van der Waals surface area contributed by atoms with Gasteiger partial charge in [-0.2, -0.15) is 0 Å². The van der Waals surface area contributed by atoms with E-state index in [1.165, 1.54) is 61.2 Å². The maximum absolute atomic E-state index is 2.35. The Hall–Kier alpha value is -9.77. The fourth-order valence-electron chi connectivity index (χ4n) is 10.3. The fraction of sp³-hybridized carbons (Fsp3) is 0.0548. The molecule has 370 valence electrons. The number of aryl methyl sites for hydroxylation is 1. The van der Waals surface area contributed by atoms with E-state index in [0.29, 0.717) is 0 Å². The van der Waals surface area contributed by atoms with Gasteiger partial charge in [0.15, 0.2) is 0 Å². The number of nitrogens with zero attached hydrogens (tertiary/aromatic N) is 4. The number of anilines is 6. The molecule has 1 aliphatic rings. The van der Waals surface area contributed by atoms with Gasteiger partial charge in [-0.05, 0) is 171 Å². The summed E-state index contributed by atoms with van der Waals surface area (Å²) in [4.78, 5) is 4.69. The first kappa shape index (κ1) is 48.2. The minimum atomic E-state index is 1.08. The van der Waals surface area contributed by atoms with Crippen molar-refractivity contribution in [2.24, 2.45) is 7.05 Å². The summed E-state index contributed by atoms with van der Waals surface area (Å²) < 4.78 is 4.18. The molecule has 0 unspecified atom stereocenters. The summed E-state index contributed by atoms with van der Waals surface area (Å²) in [7, 11) is 2.04. The number of allylic oxidation sites excluding steroid dienone is 6. The average molecular weight is 992 g/mol. The highest BCUT2D eigenvalue weighted by molar-refractivity contribution is 5.84. The summed E-state index contributed by atoms with van der Waals surface area (Å²) in [5.74, 6) is 0. The van der Waals surface area contributed by atoms with Crippen molar-refractivity contribution in [3.05, 3.63) is 309 Å². The molecule has 4 nitrogen and oxygen atoms in total. The van der Waals surface area contributed by atoms with Gasteiger partial charge in [-0.1, -0.05) is 200 Å². The van der Waals surface area contributed by atoms with E-state index in [1.807, 2.05) is 7.05 Å². The lowest BCUT2D eigenvalue weighted by Crippen LogP contribution is -2.23. The molecule has 0 aliphatic heterocycles. The minimum absolute atomic E-state index is 1.08. The van der Waals surface area contributed by atoms with E-state index < -0.39 is 0 Å². The number of hydrogen-bond acceptors (Lipinski definition) is 2. The highest BCUT2D eigenvalue weighted by Crippen LogP contribution is 2.41. The predicted octanol–water partition coefficient (Wildman–Crippen LogP) is 19.3. The second-order valence-corrected chi connectivity index (χ2v) is 19.9. The molecule has 0 amide bonds. The zero-order valence-electron chi connectivity index (χ0n) is 43.5. The van der Waals surface area contributed by atoms with Crippen molar-refractivity contribution in [2.45, 2.75) is 19.8 Å². The van der Waals surface area contributed by atoms with Gasteiger partial charge in [-0.25, -0.2) is 9.13 Å². The minimum Gasteiger partial charge on any atom is -0.311 e. The average Bonchev–Trinajstić information content (AvgIpc) is 3.95. The molecule has 10 aromatic carbocycles. The second kappa shape index (κ2) is 22.0. The maximum Gasteiger partial charge on any atom is 0.248 e. The Labute approximate surface area is 453 Å². The molecule has 0 bridgehead atoms. The second-order valence-electron chi connectivity index (χ2n) is 19.9. The van der Waals surface area contributed by atoms with Crippen LogP contribution in [0.15, 0.2) is 303 Å². The molecule has 0 atom stereocenters. The molecular weight excluding hydrogens is 933 g/mol. The quantitative estimate of drug-likeness (QED) is 0.107. The van der Waals surface area contributed by atoms with E-state index in [9.17, 15) is 0 Å². The smallest absolute Gasteiger partial charge is 0.248 e. The van der Waals surface area contributed by atoms with Gasteiger partial charge < -0.3 is 9.80 Å². The summed E-state index contributed by atoms with van der Waals surface area (Å²) in [5.41, 5.74) is 23.3. The van der Waals surface area contributed by atoms with Crippen LogP contribution in [0.1, 0.15) is 25.3 Å². The zero-order valence-corrected chi connectivity index (χ0v) is 43.5. The van der Waals surface area contributed by atoms with Gasteiger partial charge in [0.25, 0.3) is 0 Å². The highest BCUT2D eigenvalue weighted by Gasteiger charge is 2.17. The van der Waals surface area contributed by atoms with Crippen LogP contribution in [0.25, 0.3) is 66.9 Å². The zero-order chi connectivity index (χ0) is 51.9. The van der Waals surface area contributed by atoms with E-state index in [0.717, 1.165) is 63.8 Å². The third kappa shape index (κ3) is 10.8. The first-order valence-electron chi connectivity index (χ1n) is 26.6. The molecule has 0 radical (unpaired) electrons. The van der Waals surface area contributed by atoms with E-state index in [-0.39, 0.29) is 0 Å². The van der Waals surface area contributed by atoms with Crippen LogP contribution in [0.4, 0.5) is 34.1 Å². The van der Waals surface area contributed by atoms with Gasteiger partial charge in [-0.3, -0.25) is 0 Å². The van der Waals surface area contributed by atoms with E-state index in [1.54, 1.807) is 0 Å². The van der Waals surface area contributed by atoms with Crippen molar-refractivity contribution in [3.8, 4) is 61.3 Å². The van der Waals surface area contributed by atoms with Crippen molar-refractivity contribution in [1.29, 1.82) is 0 Å². The number of rotatable bonds is 13. The normalized spacial score (nSPS) is 12.3. The molecule has 0 fully saturated rings. The first-order chi connectivity index (χ1) is 38.0. The third-order valence-corrected chi connectivity index (χ3v) is 14.7. The van der Waals surface area contributed by atoms with Gasteiger partial charge in [0.1, 0.15) is 18.1 Å². The lowest BCUT2D eigenvalue weighted by molar-refractivity contribution is -0.670. The van der Waals surface area contributed by atoms with Crippen molar-refractivity contribution < 1.29 is 4.57 Å². The van der Waals surface area contributed by atoms with Crippen LogP contribution in [0.2, 0.25) is 0 Å². The maximum atomic E-state index is 2.35. The van der Waals surface area contributed by atoms with E-state index in [4.69, 9.17) is 0 Å². The summed E-state index contributed by atoms with van der Waals surface area (Å²) in [6, 6.07) is 92.5. The molecule has 1 heterocycles. The highest BCUT2D eigenvalue weighted by atomic mass is 15.1. The molecular formula is C73H59N4+. The van der Waals surface area contributed by atoms with Crippen LogP contribution < -0.4 is 14.4 Å². The summed E-state index contributed by atoms with van der Waals surface area (Å²) in [6.07, 6.45) is 17.4. The summed E-state index contributed by atoms with van der Waals surface area (Å²) in [5, 5.41) is 0. The molecule has 12 rings (SSSR count). The lowest BCUT2D eigenvalue weighted by atomic mass is 9.97. The third-order valence-electron chi connectivity index (χ3n) is 14.7. The van der Waals surface area contributed by atoms with Gasteiger partial charge in [-0.15, -0.1) is 0 Å². The first-order valence-corrected chi connectivity index (χ1v) is 26.6. The van der Waals surface area contributed by atoms with Crippen molar-refractivity contribution in [2.75, 3.05) is 9.80 Å². The Bertz CT molecular complexity index is 3830. The van der Waals surface area contributed by atoms with Crippen molar-refractivity contribution in [3.63, 3.8) is 0 Å². The Morgan fingerprint density at radius 3 is 1.00 bits per heavy atom. The molecule has 1 aromatic heterocycles. The van der Waals surface area contributed by atoms with Crippen LogP contribution in [-0.2, 0) is 7.05 Å². The molecule has 0 saturated heterocycles. The summed E-state index contributed by atoms with van der Waals surface area (Å²) in [6.45, 7) is 2.21. The molecule has 0 spiro atoms. The van der Waals surface area contributed by atoms with Crippen LogP contribution in [0.5, 0.6) is 0 Å². The standard InChI is InChI=1S/C73H59N4/c1-54-11-9-10-16-57(18-17-54)58-19-21-59(22-20-58)63-29-43-70(44-30-63)76(68-39-25-60(26-40-68)55-12-5-3-6-13-55)72-47-33-65(34-48-72)66-35-49-73(50-36-66)77(69-41-27-61(28-42-69)56-14-7-4-8-15-56)71-45-31-64(32-46-71)62-23-37-67(38-24-62)75-52-51-74(2)53-75/h3-8,10,12-53H,9,11H2,1-2H3/q+1. The summed E-state index contributed by atoms with van der Waals surface area (Å²) >= 11 is 0. The number of hydrogen-bond donors (Lipinski definition) is 0. The number of benzene rings is 10. The Kier molecular flexibility index (Phi) is 13.8. The fourth-order valence-corrected chi connectivity index (χ4v) is 10.3. The monoisotopic (exact) mass is 991 g/mol. The molecule has 11 aromatic rings. The van der Waals surface area contributed by atoms with E-state index >= 15 is 0 Å². The molecule has 4 heteroatoms. The number of aromatic nitrogens is 2. The molecule has 77 heavy (non-hydrogen) atoms. The predicted molar refractivity (Wildman–Crippen MR) is 324 cm³/mol. The van der Waals surface area contributed by atoms with Gasteiger partial charge in [0, 0.05) is 34.1 Å². The van der Waals surface area contributed by atoms with Crippen LogP contribution in [0.3, 0.4) is 0 Å². The number of imidazole rings is 1. The van der Waals surface area contributed by atoms with Crippen LogP contribution in [-0.4, -0.2) is 4.57 Å². The Morgan fingerprint density at radius 2 is 0.662 bits per heavy atom. The van der Waals surface area contributed by atoms with Gasteiger partial charge in [0.05, 0.1) is 7.05 Å². The van der Waals surface area contributed by atoms with E-state index in [2.05, 4.69) is 324 Å². The Morgan fingerprint density at radius 1 is 0.351 bits per heavy atom. The van der Waals surface area contributed by atoms with Crippen LogP contribution >= 0.6 is 0 Å². The van der Waals surface area contributed by atoms with Gasteiger partial charge >= 0.3 is 0 Å². The Balaban J connectivity index is 0.828. The molecule has 1 aliphatic carbocycles. The van der Waals surface area contributed by atoms with Crippen LogP contribution in [0, 0.1) is 0 Å². The molecule has 0 saturated carbocycles. The molecule has 0 N–H and O–H groups in total. The van der Waals surface area contributed by atoms with Crippen molar-refractivity contribution >= 4 is 39.7 Å². The van der Waals surface area contributed by atoms with Gasteiger partial charge in [0.2, 0.25) is 6.33 Å². The largest absolute Gasteiger partial charge is 0.311 e. The van der Waals surface area contributed by atoms with Crippen molar-refractivity contribution in [1.82, 2.24) is 4.57 Å².